The molecule has 0 fully saturated rings. The summed E-state index contributed by atoms with van der Waals surface area (Å²) in [7, 11) is 0. The van der Waals surface area contributed by atoms with Gasteiger partial charge in [0.2, 0.25) is 11.8 Å². The summed E-state index contributed by atoms with van der Waals surface area (Å²) >= 11 is 0. The quantitative estimate of drug-likeness (QED) is 0.858. The Morgan fingerprint density at radius 2 is 1.96 bits per heavy atom. The lowest BCUT2D eigenvalue weighted by molar-refractivity contribution is -0.126. The normalized spacial score (nSPS) is 21.8. The smallest absolute Gasteiger partial charge is 0.242 e. The minimum atomic E-state index is -0.988. The van der Waals surface area contributed by atoms with Gasteiger partial charge in [0.05, 0.1) is 11.7 Å². The van der Waals surface area contributed by atoms with E-state index in [9.17, 15) is 9.59 Å². The van der Waals surface area contributed by atoms with E-state index < -0.39 is 5.41 Å². The maximum atomic E-state index is 13.6. The molecule has 0 saturated carbocycles. The van der Waals surface area contributed by atoms with E-state index in [0.717, 1.165) is 22.4 Å². The van der Waals surface area contributed by atoms with Crippen molar-refractivity contribution in [3.05, 3.63) is 41.1 Å². The van der Waals surface area contributed by atoms with Crippen LogP contribution in [0.2, 0.25) is 0 Å². The summed E-state index contributed by atoms with van der Waals surface area (Å²) in [5.41, 5.74) is 2.38. The number of benzene rings is 1. The monoisotopic (exact) mass is 352 g/mol. The van der Waals surface area contributed by atoms with Crippen LogP contribution in [0.4, 0.5) is 11.5 Å². The first-order valence-corrected chi connectivity index (χ1v) is 9.02. The molecule has 26 heavy (non-hydrogen) atoms. The summed E-state index contributed by atoms with van der Waals surface area (Å²) in [4.78, 5) is 28.0. The molecular formula is C20H24N4O2. The molecule has 0 bridgehead atoms. The largest absolute Gasteiger partial charge is 0.311 e. The van der Waals surface area contributed by atoms with Gasteiger partial charge in [-0.15, -0.1) is 0 Å². The molecule has 1 N–H and O–H groups in total. The number of nitrogens with zero attached hydrogens (tertiary/aromatic N) is 3. The SMILES string of the molecule is CCN1C(=O)[C@@]2(CC(=O)Nc3c2cnn3C(C)(C)C)c2cc(C)ccc21. The van der Waals surface area contributed by atoms with Crippen LogP contribution >= 0.6 is 0 Å². The molecule has 1 spiro atoms. The zero-order valence-electron chi connectivity index (χ0n) is 15.9. The molecule has 2 aliphatic heterocycles. The van der Waals surface area contributed by atoms with Crippen LogP contribution in [0.1, 0.15) is 50.8 Å². The van der Waals surface area contributed by atoms with Gasteiger partial charge in [0.1, 0.15) is 11.2 Å². The number of hydrogen-bond donors (Lipinski definition) is 1. The summed E-state index contributed by atoms with van der Waals surface area (Å²) < 4.78 is 1.80. The number of rotatable bonds is 1. The first-order chi connectivity index (χ1) is 12.2. The second kappa shape index (κ2) is 5.19. The van der Waals surface area contributed by atoms with E-state index >= 15 is 0 Å². The summed E-state index contributed by atoms with van der Waals surface area (Å²) in [6, 6.07) is 6.04. The number of carbonyl (C=O) groups excluding carboxylic acids is 2. The number of fused-ring (bicyclic) bond motifs is 4. The fraction of sp³-hybridized carbons (Fsp3) is 0.450. The van der Waals surface area contributed by atoms with E-state index in [2.05, 4.69) is 10.4 Å². The standard InChI is InChI=1S/C20H24N4O2/c1-6-23-15-8-7-12(2)9-13(15)20(18(23)26)10-16(25)22-17-14(20)11-21-24(17)19(3,4)5/h7-9,11H,6,10H2,1-5H3,(H,22,25)/t20-/m0/s1. The van der Waals surface area contributed by atoms with Crippen LogP contribution < -0.4 is 10.2 Å². The Hall–Kier alpha value is -2.63. The molecule has 0 saturated heterocycles. The predicted molar refractivity (Wildman–Crippen MR) is 100 cm³/mol. The molecule has 6 nitrogen and oxygen atoms in total. The number of aryl methyl sites for hydroxylation is 1. The zero-order chi connectivity index (χ0) is 18.9. The topological polar surface area (TPSA) is 67.2 Å². The lowest BCUT2D eigenvalue weighted by Crippen LogP contribution is -2.47. The zero-order valence-corrected chi connectivity index (χ0v) is 15.9. The van der Waals surface area contributed by atoms with Gasteiger partial charge in [-0.05, 0) is 46.2 Å². The average molecular weight is 352 g/mol. The van der Waals surface area contributed by atoms with Crippen molar-refractivity contribution in [2.24, 2.45) is 0 Å². The van der Waals surface area contributed by atoms with Gasteiger partial charge in [-0.25, -0.2) is 4.68 Å². The highest BCUT2D eigenvalue weighted by molar-refractivity contribution is 6.15. The van der Waals surface area contributed by atoms with Crippen molar-refractivity contribution in [3.63, 3.8) is 0 Å². The third kappa shape index (κ3) is 2.01. The van der Waals surface area contributed by atoms with Crippen LogP contribution in [0, 0.1) is 6.92 Å². The van der Waals surface area contributed by atoms with Gasteiger partial charge in [-0.2, -0.15) is 5.10 Å². The maximum absolute atomic E-state index is 13.6. The van der Waals surface area contributed by atoms with Crippen molar-refractivity contribution in [1.29, 1.82) is 0 Å². The lowest BCUT2D eigenvalue weighted by atomic mass is 9.71. The molecule has 0 radical (unpaired) electrons. The van der Waals surface area contributed by atoms with Gasteiger partial charge < -0.3 is 10.2 Å². The minimum Gasteiger partial charge on any atom is -0.311 e. The third-order valence-electron chi connectivity index (χ3n) is 5.38. The van der Waals surface area contributed by atoms with E-state index in [4.69, 9.17) is 0 Å². The Balaban J connectivity index is 2.05. The highest BCUT2D eigenvalue weighted by Crippen LogP contribution is 2.52. The number of hydrogen-bond acceptors (Lipinski definition) is 3. The molecule has 3 heterocycles. The van der Waals surface area contributed by atoms with Crippen LogP contribution in [-0.4, -0.2) is 28.1 Å². The Morgan fingerprint density at radius 3 is 2.62 bits per heavy atom. The molecule has 136 valence electrons. The maximum Gasteiger partial charge on any atom is 0.242 e. The Bertz CT molecular complexity index is 938. The van der Waals surface area contributed by atoms with E-state index in [1.165, 1.54) is 0 Å². The number of aromatic nitrogens is 2. The molecule has 2 aromatic rings. The van der Waals surface area contributed by atoms with E-state index in [1.807, 2.05) is 52.8 Å². The van der Waals surface area contributed by atoms with Crippen molar-refractivity contribution in [3.8, 4) is 0 Å². The number of anilines is 2. The summed E-state index contributed by atoms with van der Waals surface area (Å²) in [6.45, 7) is 10.6. The van der Waals surface area contributed by atoms with E-state index in [0.29, 0.717) is 12.4 Å². The Labute approximate surface area is 153 Å². The molecule has 0 unspecified atom stereocenters. The Morgan fingerprint density at radius 1 is 1.23 bits per heavy atom. The van der Waals surface area contributed by atoms with Gasteiger partial charge in [-0.1, -0.05) is 17.7 Å². The van der Waals surface area contributed by atoms with Crippen molar-refractivity contribution in [1.82, 2.24) is 9.78 Å². The molecule has 2 aliphatic rings. The van der Waals surface area contributed by atoms with Gasteiger partial charge >= 0.3 is 0 Å². The molecule has 2 amide bonds. The van der Waals surface area contributed by atoms with Crippen LogP contribution in [-0.2, 0) is 20.5 Å². The molecule has 6 heteroatoms. The molecule has 1 aromatic carbocycles. The van der Waals surface area contributed by atoms with E-state index in [-0.39, 0.29) is 23.8 Å². The fourth-order valence-electron chi connectivity index (χ4n) is 4.23. The van der Waals surface area contributed by atoms with E-state index in [1.54, 1.807) is 15.8 Å². The van der Waals surface area contributed by atoms with Crippen molar-refractivity contribution >= 4 is 23.3 Å². The molecule has 4 rings (SSSR count). The molecule has 1 atom stereocenters. The van der Waals surface area contributed by atoms with Crippen LogP contribution in [0.3, 0.4) is 0 Å². The van der Waals surface area contributed by atoms with Gasteiger partial charge in [0.25, 0.3) is 0 Å². The third-order valence-corrected chi connectivity index (χ3v) is 5.38. The van der Waals surface area contributed by atoms with Crippen molar-refractivity contribution in [2.45, 2.75) is 52.0 Å². The average Bonchev–Trinajstić information content (AvgIpc) is 3.07. The highest BCUT2D eigenvalue weighted by atomic mass is 16.2. The first-order valence-electron chi connectivity index (χ1n) is 9.02. The Kier molecular flexibility index (Phi) is 3.36. The second-order valence-corrected chi connectivity index (χ2v) is 8.19. The van der Waals surface area contributed by atoms with Crippen LogP contribution in [0.25, 0.3) is 0 Å². The van der Waals surface area contributed by atoms with Gasteiger partial charge in [0, 0.05) is 24.2 Å². The molecular weight excluding hydrogens is 328 g/mol. The van der Waals surface area contributed by atoms with Crippen LogP contribution in [0.5, 0.6) is 0 Å². The second-order valence-electron chi connectivity index (χ2n) is 8.19. The summed E-state index contributed by atoms with van der Waals surface area (Å²) in [6.07, 6.45) is 1.87. The number of carbonyl (C=O) groups is 2. The number of nitrogens with one attached hydrogen (secondary N) is 1. The summed E-state index contributed by atoms with van der Waals surface area (Å²) in [5, 5.41) is 7.49. The van der Waals surface area contributed by atoms with Gasteiger partial charge in [-0.3, -0.25) is 9.59 Å². The number of amides is 2. The van der Waals surface area contributed by atoms with Crippen LogP contribution in [0.15, 0.2) is 24.4 Å². The van der Waals surface area contributed by atoms with Gasteiger partial charge in [0.15, 0.2) is 0 Å². The van der Waals surface area contributed by atoms with Crippen molar-refractivity contribution in [2.75, 3.05) is 16.8 Å². The molecule has 0 aliphatic carbocycles. The number of likely N-dealkylation sites (N-methyl/N-ethyl adjacent to an activating group) is 1. The first kappa shape index (κ1) is 16.8. The molecule has 1 aromatic heterocycles. The minimum absolute atomic E-state index is 0.0369. The fourth-order valence-corrected chi connectivity index (χ4v) is 4.23. The van der Waals surface area contributed by atoms with Crippen molar-refractivity contribution < 1.29 is 9.59 Å². The predicted octanol–water partition coefficient (Wildman–Crippen LogP) is 2.94. The lowest BCUT2D eigenvalue weighted by Gasteiger charge is -2.34. The highest BCUT2D eigenvalue weighted by Gasteiger charge is 2.57. The summed E-state index contributed by atoms with van der Waals surface area (Å²) in [5.74, 6) is 0.444.